The number of anilines is 1. The Bertz CT molecular complexity index is 995. The molecule has 0 aromatic carbocycles. The van der Waals surface area contributed by atoms with Crippen molar-refractivity contribution in [3.8, 4) is 17.5 Å². The third-order valence-corrected chi connectivity index (χ3v) is 4.89. The lowest BCUT2D eigenvalue weighted by Gasteiger charge is -2.26. The van der Waals surface area contributed by atoms with Crippen molar-refractivity contribution < 1.29 is 4.39 Å². The first-order valence-electron chi connectivity index (χ1n) is 8.45. The predicted molar refractivity (Wildman–Crippen MR) is 97.1 cm³/mol. The van der Waals surface area contributed by atoms with E-state index in [0.29, 0.717) is 28.5 Å². The van der Waals surface area contributed by atoms with Crippen molar-refractivity contribution in [1.29, 1.82) is 5.26 Å². The van der Waals surface area contributed by atoms with Crippen LogP contribution in [-0.2, 0) is 0 Å². The van der Waals surface area contributed by atoms with Crippen LogP contribution < -0.4 is 5.32 Å². The largest absolute Gasteiger partial charge is 0.365 e. The molecule has 0 bridgehead atoms. The summed E-state index contributed by atoms with van der Waals surface area (Å²) in [5.74, 6) is 0.0380. The lowest BCUT2D eigenvalue weighted by Crippen LogP contribution is -2.27. The second-order valence-electron chi connectivity index (χ2n) is 6.48. The normalized spacial score (nSPS) is 20.0. The summed E-state index contributed by atoms with van der Waals surface area (Å²) in [5.41, 5.74) is 1.37. The number of nitrogens with one attached hydrogen (secondary N) is 2. The van der Waals surface area contributed by atoms with Crippen LogP contribution >= 0.6 is 11.6 Å². The number of halogens is 2. The highest BCUT2D eigenvalue weighted by atomic mass is 35.5. The number of nitrogens with zero attached hydrogens (tertiary/aromatic N) is 4. The SMILES string of the molecule is N#C[C@H]1CCC[C@@H](Nc2nc(-c3c[nH]c4ncc(Cl)cc34)ncc2F)C1. The molecular weight excluding hydrogens is 355 g/mol. The molecule has 1 aliphatic rings. The van der Waals surface area contributed by atoms with E-state index in [4.69, 9.17) is 16.9 Å². The van der Waals surface area contributed by atoms with Gasteiger partial charge in [-0.1, -0.05) is 18.0 Å². The Morgan fingerprint density at radius 3 is 3.04 bits per heavy atom. The van der Waals surface area contributed by atoms with Gasteiger partial charge in [-0.25, -0.2) is 19.3 Å². The van der Waals surface area contributed by atoms with E-state index in [1.165, 1.54) is 0 Å². The molecule has 3 aromatic heterocycles. The monoisotopic (exact) mass is 370 g/mol. The Morgan fingerprint density at radius 2 is 2.19 bits per heavy atom. The maximum Gasteiger partial charge on any atom is 0.183 e. The number of hydrogen-bond acceptors (Lipinski definition) is 5. The van der Waals surface area contributed by atoms with E-state index in [9.17, 15) is 4.39 Å². The molecule has 132 valence electrons. The molecule has 0 amide bonds. The van der Waals surface area contributed by atoms with Gasteiger partial charge in [0.15, 0.2) is 17.5 Å². The molecule has 1 saturated carbocycles. The first kappa shape index (κ1) is 16.7. The minimum atomic E-state index is -0.510. The van der Waals surface area contributed by atoms with E-state index in [2.05, 4.69) is 31.3 Å². The second kappa shape index (κ2) is 6.89. The van der Waals surface area contributed by atoms with Gasteiger partial charge in [0.1, 0.15) is 5.65 Å². The highest BCUT2D eigenvalue weighted by Crippen LogP contribution is 2.30. The van der Waals surface area contributed by atoms with Gasteiger partial charge in [-0.2, -0.15) is 5.26 Å². The molecule has 2 atom stereocenters. The quantitative estimate of drug-likeness (QED) is 0.717. The molecular formula is C18H16ClFN6. The summed E-state index contributed by atoms with van der Waals surface area (Å²) >= 11 is 6.03. The van der Waals surface area contributed by atoms with Crippen LogP contribution in [0, 0.1) is 23.1 Å². The summed E-state index contributed by atoms with van der Waals surface area (Å²) in [6, 6.07) is 4.11. The molecule has 1 aliphatic carbocycles. The lowest BCUT2D eigenvalue weighted by molar-refractivity contribution is 0.393. The summed E-state index contributed by atoms with van der Waals surface area (Å²) in [4.78, 5) is 15.7. The number of fused-ring (bicyclic) bond motifs is 1. The lowest BCUT2D eigenvalue weighted by atomic mass is 9.87. The Labute approximate surface area is 154 Å². The Kier molecular flexibility index (Phi) is 4.43. The summed E-state index contributed by atoms with van der Waals surface area (Å²) in [5, 5.41) is 13.5. The van der Waals surface area contributed by atoms with Gasteiger partial charge in [0.25, 0.3) is 0 Å². The van der Waals surface area contributed by atoms with Crippen LogP contribution in [-0.4, -0.2) is 26.0 Å². The standard InChI is InChI=1S/C18H16ClFN6/c19-11-5-13-14(8-23-16(13)22-7-11)17-24-9-15(20)18(26-17)25-12-3-1-2-10(4-12)6-21/h5,7-10,12H,1-4H2,(H,22,23)(H,24,25,26)/t10-,12+/m0/s1. The van der Waals surface area contributed by atoms with E-state index < -0.39 is 5.82 Å². The average molecular weight is 371 g/mol. The highest BCUT2D eigenvalue weighted by Gasteiger charge is 2.23. The molecule has 6 nitrogen and oxygen atoms in total. The van der Waals surface area contributed by atoms with Crippen molar-refractivity contribution in [1.82, 2.24) is 19.9 Å². The van der Waals surface area contributed by atoms with Crippen LogP contribution in [0.5, 0.6) is 0 Å². The maximum absolute atomic E-state index is 14.2. The molecule has 0 saturated heterocycles. The van der Waals surface area contributed by atoms with E-state index in [1.807, 2.05) is 0 Å². The molecule has 3 aromatic rings. The topological polar surface area (TPSA) is 90.3 Å². The van der Waals surface area contributed by atoms with Crippen molar-refractivity contribution in [2.24, 2.45) is 5.92 Å². The van der Waals surface area contributed by atoms with Gasteiger partial charge in [-0.3, -0.25) is 0 Å². The number of aromatic nitrogens is 4. The number of nitriles is 1. The fourth-order valence-corrected chi connectivity index (χ4v) is 3.55. The van der Waals surface area contributed by atoms with Crippen LogP contribution in [0.1, 0.15) is 25.7 Å². The fourth-order valence-electron chi connectivity index (χ4n) is 3.39. The van der Waals surface area contributed by atoms with E-state index >= 15 is 0 Å². The van der Waals surface area contributed by atoms with Gasteiger partial charge in [0.2, 0.25) is 0 Å². The van der Waals surface area contributed by atoms with Crippen molar-refractivity contribution in [3.63, 3.8) is 0 Å². The maximum atomic E-state index is 14.2. The molecule has 0 aliphatic heterocycles. The molecule has 4 rings (SSSR count). The summed E-state index contributed by atoms with van der Waals surface area (Å²) in [7, 11) is 0. The molecule has 0 radical (unpaired) electrons. The first-order chi connectivity index (χ1) is 12.6. The van der Waals surface area contributed by atoms with Crippen molar-refractivity contribution in [2.45, 2.75) is 31.7 Å². The minimum Gasteiger partial charge on any atom is -0.365 e. The number of aromatic amines is 1. The van der Waals surface area contributed by atoms with Crippen molar-refractivity contribution in [2.75, 3.05) is 5.32 Å². The zero-order valence-electron chi connectivity index (χ0n) is 13.8. The third-order valence-electron chi connectivity index (χ3n) is 4.68. The van der Waals surface area contributed by atoms with Crippen LogP contribution in [0.4, 0.5) is 10.2 Å². The van der Waals surface area contributed by atoms with Crippen LogP contribution in [0.25, 0.3) is 22.4 Å². The van der Waals surface area contributed by atoms with E-state index in [0.717, 1.165) is 30.8 Å². The number of pyridine rings is 1. The Morgan fingerprint density at radius 1 is 1.31 bits per heavy atom. The molecule has 26 heavy (non-hydrogen) atoms. The molecule has 2 N–H and O–H groups in total. The van der Waals surface area contributed by atoms with Gasteiger partial charge in [0.05, 0.1) is 17.3 Å². The fraction of sp³-hybridized carbons (Fsp3) is 0.333. The summed E-state index contributed by atoms with van der Waals surface area (Å²) < 4.78 is 14.2. The predicted octanol–water partition coefficient (Wildman–Crippen LogP) is 4.31. The first-order valence-corrected chi connectivity index (χ1v) is 8.83. The molecule has 1 fully saturated rings. The smallest absolute Gasteiger partial charge is 0.183 e. The van der Waals surface area contributed by atoms with E-state index in [-0.39, 0.29) is 17.8 Å². The number of hydrogen-bond donors (Lipinski definition) is 2. The van der Waals surface area contributed by atoms with Gasteiger partial charge in [-0.15, -0.1) is 0 Å². The third kappa shape index (κ3) is 3.20. The Balaban J connectivity index is 1.65. The van der Waals surface area contributed by atoms with Gasteiger partial charge in [0, 0.05) is 35.3 Å². The highest BCUT2D eigenvalue weighted by molar-refractivity contribution is 6.31. The van der Waals surface area contributed by atoms with Crippen molar-refractivity contribution in [3.05, 3.63) is 35.5 Å². The zero-order valence-corrected chi connectivity index (χ0v) is 14.6. The van der Waals surface area contributed by atoms with Gasteiger partial charge < -0.3 is 10.3 Å². The van der Waals surface area contributed by atoms with Crippen LogP contribution in [0.15, 0.2) is 24.7 Å². The summed E-state index contributed by atoms with van der Waals surface area (Å²) in [6.45, 7) is 0. The molecule has 3 heterocycles. The van der Waals surface area contributed by atoms with E-state index in [1.54, 1.807) is 18.5 Å². The molecule has 8 heteroatoms. The molecule has 0 unspecified atom stereocenters. The number of H-pyrrole nitrogens is 1. The van der Waals surface area contributed by atoms with Gasteiger partial charge in [-0.05, 0) is 25.3 Å². The second-order valence-corrected chi connectivity index (χ2v) is 6.91. The molecule has 0 spiro atoms. The van der Waals surface area contributed by atoms with Crippen molar-refractivity contribution >= 4 is 28.5 Å². The number of rotatable bonds is 3. The Hall–Kier alpha value is -2.72. The van der Waals surface area contributed by atoms with Crippen LogP contribution in [0.2, 0.25) is 5.02 Å². The minimum absolute atomic E-state index is 0.00690. The average Bonchev–Trinajstić information content (AvgIpc) is 3.07. The van der Waals surface area contributed by atoms with Gasteiger partial charge >= 0.3 is 0 Å². The summed E-state index contributed by atoms with van der Waals surface area (Å²) in [6.07, 6.45) is 7.88. The zero-order chi connectivity index (χ0) is 18.1. The van der Waals surface area contributed by atoms with Crippen LogP contribution in [0.3, 0.4) is 0 Å².